The van der Waals surface area contributed by atoms with Crippen molar-refractivity contribution in [3.05, 3.63) is 46.4 Å². The minimum atomic E-state index is -0.395. The molecule has 0 aromatic heterocycles. The van der Waals surface area contributed by atoms with Crippen molar-refractivity contribution < 1.29 is 14.6 Å². The van der Waals surface area contributed by atoms with E-state index in [0.29, 0.717) is 5.56 Å². The molecule has 0 aliphatic rings. The number of carbonyl (C=O) groups is 1. The fourth-order valence-electron chi connectivity index (χ4n) is 1.97. The highest BCUT2D eigenvalue weighted by molar-refractivity contribution is 9.10. The van der Waals surface area contributed by atoms with E-state index < -0.39 is 6.04 Å². The lowest BCUT2D eigenvalue weighted by Crippen LogP contribution is -2.40. The van der Waals surface area contributed by atoms with E-state index in [1.807, 2.05) is 30.3 Å². The van der Waals surface area contributed by atoms with Gasteiger partial charge in [0.1, 0.15) is 0 Å². The van der Waals surface area contributed by atoms with Crippen LogP contribution in [0.1, 0.15) is 10.4 Å². The number of fused-ring (bicyclic) bond motifs is 1. The number of carbonyl (C=O) groups excluding carboxylic acids is 1. The molecular weight excluding hydrogens is 322 g/mol. The largest absolute Gasteiger partial charge is 0.394 e. The molecule has 2 aromatic carbocycles. The van der Waals surface area contributed by atoms with Gasteiger partial charge < -0.3 is 15.2 Å². The molecule has 0 fully saturated rings. The third-order valence-electron chi connectivity index (χ3n) is 2.99. The third kappa shape index (κ3) is 3.56. The van der Waals surface area contributed by atoms with Gasteiger partial charge in [-0.25, -0.2) is 0 Å². The first-order valence-corrected chi connectivity index (χ1v) is 7.03. The third-order valence-corrected chi connectivity index (χ3v) is 3.48. The van der Waals surface area contributed by atoms with Gasteiger partial charge >= 0.3 is 0 Å². The Bertz CT molecular complexity index is 615. The highest BCUT2D eigenvalue weighted by Crippen LogP contribution is 2.21. The predicted molar refractivity (Wildman–Crippen MR) is 81.9 cm³/mol. The van der Waals surface area contributed by atoms with Gasteiger partial charge in [-0.3, -0.25) is 4.79 Å². The summed E-state index contributed by atoms with van der Waals surface area (Å²) in [6, 6.07) is 11.0. The molecule has 106 valence electrons. The summed E-state index contributed by atoms with van der Waals surface area (Å²) in [6.07, 6.45) is 0. The molecule has 1 unspecified atom stereocenters. The molecule has 1 atom stereocenters. The molecule has 20 heavy (non-hydrogen) atoms. The maximum atomic E-state index is 12.1. The molecule has 0 bridgehead atoms. The van der Waals surface area contributed by atoms with E-state index in [1.54, 1.807) is 6.07 Å². The number of ether oxygens (including phenoxy) is 1. The maximum Gasteiger partial charge on any atom is 0.251 e. The number of rotatable bonds is 5. The van der Waals surface area contributed by atoms with Crippen molar-refractivity contribution in [2.24, 2.45) is 0 Å². The van der Waals surface area contributed by atoms with Crippen LogP contribution < -0.4 is 5.32 Å². The van der Waals surface area contributed by atoms with Gasteiger partial charge in [-0.2, -0.15) is 0 Å². The van der Waals surface area contributed by atoms with Gasteiger partial charge in [0, 0.05) is 17.1 Å². The lowest BCUT2D eigenvalue weighted by Gasteiger charge is -2.15. The van der Waals surface area contributed by atoms with Gasteiger partial charge in [0.2, 0.25) is 0 Å². The van der Waals surface area contributed by atoms with Gasteiger partial charge in [-0.15, -0.1) is 0 Å². The SMILES string of the molecule is COCC(CO)NC(=O)c1ccc2cc(Br)ccc2c1. The van der Waals surface area contributed by atoms with Crippen LogP contribution in [0.5, 0.6) is 0 Å². The Balaban J connectivity index is 2.20. The fourth-order valence-corrected chi connectivity index (χ4v) is 2.35. The van der Waals surface area contributed by atoms with Crippen molar-refractivity contribution in [2.75, 3.05) is 20.3 Å². The molecule has 4 nitrogen and oxygen atoms in total. The summed E-state index contributed by atoms with van der Waals surface area (Å²) in [4.78, 5) is 12.1. The Morgan fingerprint density at radius 3 is 2.70 bits per heavy atom. The summed E-state index contributed by atoms with van der Waals surface area (Å²) in [5.74, 6) is -0.217. The molecule has 2 rings (SSSR count). The zero-order valence-corrected chi connectivity index (χ0v) is 12.7. The lowest BCUT2D eigenvalue weighted by molar-refractivity contribution is 0.0840. The number of aliphatic hydroxyl groups excluding tert-OH is 1. The number of benzene rings is 2. The minimum absolute atomic E-state index is 0.153. The average Bonchev–Trinajstić information content (AvgIpc) is 2.46. The quantitative estimate of drug-likeness (QED) is 0.880. The second kappa shape index (κ2) is 6.83. The summed E-state index contributed by atoms with van der Waals surface area (Å²) in [5.41, 5.74) is 0.564. The summed E-state index contributed by atoms with van der Waals surface area (Å²) in [6.45, 7) is 0.128. The molecule has 0 aliphatic heterocycles. The highest BCUT2D eigenvalue weighted by atomic mass is 79.9. The van der Waals surface area contributed by atoms with Crippen LogP contribution in [-0.2, 0) is 4.74 Å². The van der Waals surface area contributed by atoms with Crippen LogP contribution in [-0.4, -0.2) is 37.4 Å². The number of halogens is 1. The smallest absolute Gasteiger partial charge is 0.251 e. The molecule has 0 saturated heterocycles. The van der Waals surface area contributed by atoms with E-state index in [9.17, 15) is 4.79 Å². The van der Waals surface area contributed by atoms with E-state index >= 15 is 0 Å². The Morgan fingerprint density at radius 2 is 2.00 bits per heavy atom. The summed E-state index contributed by atoms with van der Waals surface area (Å²) in [7, 11) is 1.53. The van der Waals surface area contributed by atoms with Crippen molar-refractivity contribution in [2.45, 2.75) is 6.04 Å². The standard InChI is InChI=1S/C15H16BrNO3/c1-20-9-14(8-18)17-15(19)12-3-2-11-7-13(16)5-4-10(11)6-12/h2-7,14,18H,8-9H2,1H3,(H,17,19). The number of hydrogen-bond donors (Lipinski definition) is 2. The summed E-state index contributed by atoms with van der Waals surface area (Å²) >= 11 is 3.42. The minimum Gasteiger partial charge on any atom is -0.394 e. The molecule has 0 heterocycles. The van der Waals surface area contributed by atoms with E-state index in [2.05, 4.69) is 21.2 Å². The van der Waals surface area contributed by atoms with Crippen molar-refractivity contribution in [3.63, 3.8) is 0 Å². The second-order valence-corrected chi connectivity index (χ2v) is 5.43. The Hall–Kier alpha value is -1.43. The molecular formula is C15H16BrNO3. The molecule has 0 aliphatic carbocycles. The van der Waals surface area contributed by atoms with Crippen LogP contribution in [0.2, 0.25) is 0 Å². The van der Waals surface area contributed by atoms with Crippen LogP contribution in [0.3, 0.4) is 0 Å². The number of aliphatic hydroxyl groups is 1. The number of hydrogen-bond acceptors (Lipinski definition) is 3. The molecule has 1 amide bonds. The Kier molecular flexibility index (Phi) is 5.11. The van der Waals surface area contributed by atoms with Crippen molar-refractivity contribution in [1.29, 1.82) is 0 Å². The fraction of sp³-hybridized carbons (Fsp3) is 0.267. The van der Waals surface area contributed by atoms with Crippen LogP contribution in [0, 0.1) is 0 Å². The van der Waals surface area contributed by atoms with Crippen LogP contribution >= 0.6 is 15.9 Å². The van der Waals surface area contributed by atoms with Crippen LogP contribution in [0.15, 0.2) is 40.9 Å². The first-order valence-electron chi connectivity index (χ1n) is 6.24. The molecule has 0 saturated carbocycles. The van der Waals surface area contributed by atoms with Gasteiger partial charge in [0.25, 0.3) is 5.91 Å². The van der Waals surface area contributed by atoms with Gasteiger partial charge in [-0.05, 0) is 35.0 Å². The number of amides is 1. The van der Waals surface area contributed by atoms with E-state index in [1.165, 1.54) is 7.11 Å². The van der Waals surface area contributed by atoms with Gasteiger partial charge in [-0.1, -0.05) is 28.1 Å². The average molecular weight is 338 g/mol. The maximum absolute atomic E-state index is 12.1. The van der Waals surface area contributed by atoms with E-state index in [0.717, 1.165) is 15.2 Å². The zero-order chi connectivity index (χ0) is 14.5. The summed E-state index contributed by atoms with van der Waals surface area (Å²) in [5, 5.41) is 13.9. The first kappa shape index (κ1) is 15.0. The van der Waals surface area contributed by atoms with Crippen molar-refractivity contribution in [3.8, 4) is 0 Å². The Labute approximate surface area is 125 Å². The second-order valence-electron chi connectivity index (χ2n) is 4.51. The topological polar surface area (TPSA) is 58.6 Å². The Morgan fingerprint density at radius 1 is 1.30 bits per heavy atom. The van der Waals surface area contributed by atoms with Crippen LogP contribution in [0.25, 0.3) is 10.8 Å². The van der Waals surface area contributed by atoms with Gasteiger partial charge in [0.05, 0.1) is 19.3 Å². The first-order chi connectivity index (χ1) is 9.63. The molecule has 0 radical (unpaired) electrons. The van der Waals surface area contributed by atoms with Gasteiger partial charge in [0.15, 0.2) is 0 Å². The van der Waals surface area contributed by atoms with Crippen molar-refractivity contribution in [1.82, 2.24) is 5.32 Å². The molecule has 5 heteroatoms. The van der Waals surface area contributed by atoms with E-state index in [-0.39, 0.29) is 19.1 Å². The molecule has 2 N–H and O–H groups in total. The van der Waals surface area contributed by atoms with Crippen molar-refractivity contribution >= 4 is 32.6 Å². The lowest BCUT2D eigenvalue weighted by atomic mass is 10.1. The zero-order valence-electron chi connectivity index (χ0n) is 11.1. The monoisotopic (exact) mass is 337 g/mol. The van der Waals surface area contributed by atoms with Crippen LogP contribution in [0.4, 0.5) is 0 Å². The highest BCUT2D eigenvalue weighted by Gasteiger charge is 2.13. The summed E-state index contributed by atoms with van der Waals surface area (Å²) < 4.78 is 5.94. The number of nitrogens with one attached hydrogen (secondary N) is 1. The molecule has 0 spiro atoms. The normalized spacial score (nSPS) is 12.3. The molecule has 2 aromatic rings. The van der Waals surface area contributed by atoms with E-state index in [4.69, 9.17) is 9.84 Å². The number of methoxy groups -OCH3 is 1. The predicted octanol–water partition coefficient (Wildman–Crippen LogP) is 2.34.